The SMILES string of the molecule is O=C(O)c1ccc(NC(=O)[C@@H]2c3cccc(-c4cncnc4)c3CCN2C(=O)[C@H]2CC(c3cccc(Cl)c3F)=NO2)cc1. The van der Waals surface area contributed by atoms with Crippen molar-refractivity contribution in [3.8, 4) is 11.1 Å². The van der Waals surface area contributed by atoms with Crippen LogP contribution in [-0.4, -0.2) is 56.1 Å². The molecule has 2 amide bonds. The topological polar surface area (TPSA) is 134 Å². The third kappa shape index (κ3) is 5.42. The summed E-state index contributed by atoms with van der Waals surface area (Å²) in [5.41, 5.74) is 3.89. The normalized spacial score (nSPS) is 17.4. The van der Waals surface area contributed by atoms with Crippen LogP contribution < -0.4 is 5.32 Å². The summed E-state index contributed by atoms with van der Waals surface area (Å²) < 4.78 is 14.7. The van der Waals surface area contributed by atoms with E-state index in [1.54, 1.807) is 30.6 Å². The maximum atomic E-state index is 14.7. The number of rotatable bonds is 6. The van der Waals surface area contributed by atoms with Gasteiger partial charge in [-0.25, -0.2) is 19.2 Å². The van der Waals surface area contributed by atoms with Gasteiger partial charge >= 0.3 is 5.97 Å². The van der Waals surface area contributed by atoms with E-state index in [0.717, 1.165) is 16.7 Å². The molecule has 4 aromatic rings. The number of nitrogens with one attached hydrogen (secondary N) is 1. The second kappa shape index (κ2) is 11.6. The first-order valence-electron chi connectivity index (χ1n) is 13.3. The molecular formula is C31H23ClFN5O5. The van der Waals surface area contributed by atoms with Crippen molar-refractivity contribution in [3.05, 3.63) is 112 Å². The van der Waals surface area contributed by atoms with Crippen LogP contribution in [0.5, 0.6) is 0 Å². The van der Waals surface area contributed by atoms with Crippen LogP contribution in [0.15, 0.2) is 84.5 Å². The number of hydrogen-bond acceptors (Lipinski definition) is 7. The number of carboxylic acid groups (broad SMARTS) is 1. The molecule has 10 nitrogen and oxygen atoms in total. The summed E-state index contributed by atoms with van der Waals surface area (Å²) >= 11 is 5.94. The number of aromatic carboxylic acids is 1. The highest BCUT2D eigenvalue weighted by Crippen LogP contribution is 2.38. The largest absolute Gasteiger partial charge is 0.478 e. The first-order chi connectivity index (χ1) is 20.8. The Labute approximate surface area is 249 Å². The van der Waals surface area contributed by atoms with E-state index >= 15 is 0 Å². The molecule has 0 saturated heterocycles. The molecule has 0 saturated carbocycles. The van der Waals surface area contributed by atoms with Gasteiger partial charge in [-0.1, -0.05) is 41.0 Å². The van der Waals surface area contributed by atoms with Crippen LogP contribution in [0.3, 0.4) is 0 Å². The summed E-state index contributed by atoms with van der Waals surface area (Å²) in [5.74, 6) is -2.74. The first kappa shape index (κ1) is 28.0. The number of carboxylic acids is 1. The van der Waals surface area contributed by atoms with E-state index in [2.05, 4.69) is 20.4 Å². The maximum Gasteiger partial charge on any atom is 0.335 e. The summed E-state index contributed by atoms with van der Waals surface area (Å²) in [6.45, 7) is 0.188. The number of amides is 2. The smallest absolute Gasteiger partial charge is 0.335 e. The molecule has 2 N–H and O–H groups in total. The average Bonchev–Trinajstić information content (AvgIpc) is 3.52. The first-order valence-corrected chi connectivity index (χ1v) is 13.7. The van der Waals surface area contributed by atoms with Gasteiger partial charge in [-0.05, 0) is 59.5 Å². The molecule has 6 rings (SSSR count). The Kier molecular flexibility index (Phi) is 7.56. The van der Waals surface area contributed by atoms with Gasteiger partial charge in [-0.3, -0.25) is 9.59 Å². The summed E-state index contributed by atoms with van der Waals surface area (Å²) in [6.07, 6.45) is 4.14. The van der Waals surface area contributed by atoms with Crippen LogP contribution in [0, 0.1) is 5.82 Å². The number of carbonyl (C=O) groups excluding carboxylic acids is 2. The highest BCUT2D eigenvalue weighted by molar-refractivity contribution is 6.31. The predicted octanol–water partition coefficient (Wildman–Crippen LogP) is 4.89. The summed E-state index contributed by atoms with van der Waals surface area (Å²) in [7, 11) is 0. The molecule has 216 valence electrons. The van der Waals surface area contributed by atoms with Gasteiger partial charge in [0.1, 0.15) is 12.4 Å². The van der Waals surface area contributed by atoms with E-state index in [-0.39, 0.29) is 34.8 Å². The van der Waals surface area contributed by atoms with Crippen LogP contribution >= 0.6 is 11.6 Å². The molecule has 12 heteroatoms. The minimum Gasteiger partial charge on any atom is -0.478 e. The fourth-order valence-electron chi connectivity index (χ4n) is 5.39. The quantitative estimate of drug-likeness (QED) is 0.322. The number of aromatic nitrogens is 2. The van der Waals surface area contributed by atoms with Crippen LogP contribution in [-0.2, 0) is 20.8 Å². The van der Waals surface area contributed by atoms with E-state index in [0.29, 0.717) is 17.7 Å². The lowest BCUT2D eigenvalue weighted by Gasteiger charge is -2.38. The minimum atomic E-state index is -1.09. The molecule has 43 heavy (non-hydrogen) atoms. The highest BCUT2D eigenvalue weighted by Gasteiger charge is 2.42. The molecular weight excluding hydrogens is 577 g/mol. The molecule has 0 fully saturated rings. The number of carbonyl (C=O) groups is 3. The predicted molar refractivity (Wildman–Crippen MR) is 155 cm³/mol. The summed E-state index contributed by atoms with van der Waals surface area (Å²) in [4.78, 5) is 54.3. The van der Waals surface area contributed by atoms with E-state index in [1.165, 1.54) is 47.6 Å². The average molecular weight is 600 g/mol. The minimum absolute atomic E-state index is 0.00810. The number of oxime groups is 1. The second-order valence-corrected chi connectivity index (χ2v) is 10.4. The zero-order chi connectivity index (χ0) is 30.1. The number of hydrogen-bond donors (Lipinski definition) is 2. The van der Waals surface area contributed by atoms with Gasteiger partial charge in [0.05, 0.1) is 16.3 Å². The van der Waals surface area contributed by atoms with Crippen molar-refractivity contribution in [1.29, 1.82) is 0 Å². The Morgan fingerprint density at radius 1 is 1.00 bits per heavy atom. The molecule has 3 aromatic carbocycles. The molecule has 2 atom stereocenters. The standard InChI is InChI=1S/C31H23ClFN5O5/c32-24-6-2-5-23(27(24)33)25-13-26(43-37-25)30(40)38-12-11-21-20(18-14-34-16-35-15-18)3-1-4-22(21)28(38)29(39)36-19-9-7-17(8-10-19)31(41)42/h1-10,14-16,26,28H,11-13H2,(H,36,39)(H,41,42)/t26-,28+/m1/s1. The van der Waals surface area contributed by atoms with E-state index in [1.807, 2.05) is 6.07 Å². The van der Waals surface area contributed by atoms with Gasteiger partial charge < -0.3 is 20.2 Å². The lowest BCUT2D eigenvalue weighted by molar-refractivity contribution is -0.148. The monoisotopic (exact) mass is 599 g/mol. The van der Waals surface area contributed by atoms with Crippen molar-refractivity contribution in [1.82, 2.24) is 14.9 Å². The number of halogens is 2. The highest BCUT2D eigenvalue weighted by atomic mass is 35.5. The Bertz CT molecular complexity index is 1770. The number of anilines is 1. The molecule has 1 aromatic heterocycles. The van der Waals surface area contributed by atoms with Crippen molar-refractivity contribution in [2.24, 2.45) is 5.16 Å². The van der Waals surface area contributed by atoms with E-state index < -0.39 is 35.7 Å². The van der Waals surface area contributed by atoms with Crippen molar-refractivity contribution < 1.29 is 28.7 Å². The van der Waals surface area contributed by atoms with Gasteiger partial charge in [0.25, 0.3) is 11.8 Å². The number of benzene rings is 3. The molecule has 0 spiro atoms. The number of nitrogens with zero attached hydrogens (tertiary/aromatic N) is 4. The van der Waals surface area contributed by atoms with Crippen molar-refractivity contribution in [3.63, 3.8) is 0 Å². The molecule has 0 unspecified atom stereocenters. The van der Waals surface area contributed by atoms with Crippen molar-refractivity contribution in [2.45, 2.75) is 25.0 Å². The molecule has 2 aliphatic rings. The van der Waals surface area contributed by atoms with Crippen LogP contribution in [0.4, 0.5) is 10.1 Å². The van der Waals surface area contributed by atoms with Gasteiger partial charge in [0, 0.05) is 42.2 Å². The second-order valence-electron chi connectivity index (χ2n) is 9.99. The third-order valence-corrected chi connectivity index (χ3v) is 7.72. The number of fused-ring (bicyclic) bond motifs is 1. The van der Waals surface area contributed by atoms with Crippen LogP contribution in [0.25, 0.3) is 11.1 Å². The van der Waals surface area contributed by atoms with Gasteiger partial charge in [0.15, 0.2) is 5.82 Å². The summed E-state index contributed by atoms with van der Waals surface area (Å²) in [5, 5.41) is 15.9. The van der Waals surface area contributed by atoms with E-state index in [4.69, 9.17) is 16.4 Å². The fourth-order valence-corrected chi connectivity index (χ4v) is 5.56. The summed E-state index contributed by atoms with van der Waals surface area (Å²) in [6, 6.07) is 14.7. The molecule has 0 radical (unpaired) electrons. The van der Waals surface area contributed by atoms with E-state index in [9.17, 15) is 23.9 Å². The Morgan fingerprint density at radius 3 is 2.47 bits per heavy atom. The molecule has 2 aliphatic heterocycles. The lowest BCUT2D eigenvalue weighted by atomic mass is 9.86. The maximum absolute atomic E-state index is 14.7. The van der Waals surface area contributed by atoms with Crippen LogP contribution in [0.2, 0.25) is 5.02 Å². The molecule has 0 bridgehead atoms. The fraction of sp³-hybridized carbons (Fsp3) is 0.161. The lowest BCUT2D eigenvalue weighted by Crippen LogP contribution is -2.49. The zero-order valence-corrected chi connectivity index (χ0v) is 23.2. The third-order valence-electron chi connectivity index (χ3n) is 7.43. The Morgan fingerprint density at radius 2 is 1.72 bits per heavy atom. The molecule has 3 heterocycles. The zero-order valence-electron chi connectivity index (χ0n) is 22.4. The Balaban J connectivity index is 1.32. The van der Waals surface area contributed by atoms with Crippen LogP contribution in [0.1, 0.15) is 39.5 Å². The molecule has 0 aliphatic carbocycles. The van der Waals surface area contributed by atoms with Crippen molar-refractivity contribution >= 4 is 40.8 Å². The van der Waals surface area contributed by atoms with Crippen molar-refractivity contribution in [2.75, 3.05) is 11.9 Å². The Hall–Kier alpha value is -5.16. The van der Waals surface area contributed by atoms with Gasteiger partial charge in [-0.2, -0.15) is 0 Å². The van der Waals surface area contributed by atoms with Gasteiger partial charge in [-0.15, -0.1) is 0 Å². The van der Waals surface area contributed by atoms with Gasteiger partial charge in [0.2, 0.25) is 6.10 Å².